The lowest BCUT2D eigenvalue weighted by atomic mass is 10.1. The molecule has 8 nitrogen and oxygen atoms in total. The highest BCUT2D eigenvalue weighted by Crippen LogP contribution is 2.27. The zero-order chi connectivity index (χ0) is 22.9. The first-order valence-electron chi connectivity index (χ1n) is 10.8. The number of pyridine rings is 1. The number of benzene rings is 1. The van der Waals surface area contributed by atoms with Crippen LogP contribution in [0.1, 0.15) is 29.8 Å². The second-order valence-corrected chi connectivity index (χ2v) is 8.75. The number of aromatic nitrogens is 4. The molecule has 1 aliphatic rings. The SMILES string of the molecule is Cc1ccn(-c2ccc(Cc3nc4cc(NC5CCC(=O)NC5)c(Cl)cc4c(=O)[nH]3)cn2)c1. The quantitative estimate of drug-likeness (QED) is 0.422. The Morgan fingerprint density at radius 3 is 2.82 bits per heavy atom. The van der Waals surface area contributed by atoms with E-state index in [1.54, 1.807) is 18.3 Å². The molecule has 4 heterocycles. The fraction of sp³-hybridized carbons (Fsp3) is 0.250. The summed E-state index contributed by atoms with van der Waals surface area (Å²) in [6.07, 6.45) is 7.42. The van der Waals surface area contributed by atoms with E-state index in [1.165, 1.54) is 5.56 Å². The zero-order valence-corrected chi connectivity index (χ0v) is 18.8. The summed E-state index contributed by atoms with van der Waals surface area (Å²) < 4.78 is 1.96. The first kappa shape index (κ1) is 21.2. The van der Waals surface area contributed by atoms with Crippen molar-refractivity contribution >= 4 is 34.1 Å². The van der Waals surface area contributed by atoms with E-state index in [-0.39, 0.29) is 17.5 Å². The molecule has 1 amide bonds. The third-order valence-electron chi connectivity index (χ3n) is 5.75. The van der Waals surface area contributed by atoms with Crippen molar-refractivity contribution in [2.45, 2.75) is 32.2 Å². The van der Waals surface area contributed by atoms with Crippen molar-refractivity contribution < 1.29 is 4.79 Å². The summed E-state index contributed by atoms with van der Waals surface area (Å²) in [5, 5.41) is 7.09. The van der Waals surface area contributed by atoms with E-state index < -0.39 is 0 Å². The Balaban J connectivity index is 1.39. The van der Waals surface area contributed by atoms with Crippen molar-refractivity contribution in [1.29, 1.82) is 0 Å². The topological polar surface area (TPSA) is 105 Å². The smallest absolute Gasteiger partial charge is 0.258 e. The molecule has 1 aromatic carbocycles. The van der Waals surface area contributed by atoms with E-state index in [2.05, 4.69) is 25.6 Å². The van der Waals surface area contributed by atoms with Gasteiger partial charge < -0.3 is 20.2 Å². The Morgan fingerprint density at radius 1 is 1.24 bits per heavy atom. The molecular formula is C24H23ClN6O2. The van der Waals surface area contributed by atoms with Crippen molar-refractivity contribution in [2.24, 2.45) is 0 Å². The number of nitrogens with one attached hydrogen (secondary N) is 3. The third kappa shape index (κ3) is 4.61. The number of carbonyl (C=O) groups is 1. The van der Waals surface area contributed by atoms with Gasteiger partial charge in [0.1, 0.15) is 11.6 Å². The molecule has 0 spiro atoms. The molecule has 0 saturated carbocycles. The Labute approximate surface area is 195 Å². The molecule has 168 valence electrons. The predicted molar refractivity (Wildman–Crippen MR) is 128 cm³/mol. The van der Waals surface area contributed by atoms with Crippen molar-refractivity contribution in [2.75, 3.05) is 11.9 Å². The van der Waals surface area contributed by atoms with Crippen LogP contribution in [0.5, 0.6) is 0 Å². The summed E-state index contributed by atoms with van der Waals surface area (Å²) in [5.41, 5.74) is 3.13. The van der Waals surface area contributed by atoms with Crippen molar-refractivity contribution in [3.05, 3.63) is 81.3 Å². The highest BCUT2D eigenvalue weighted by atomic mass is 35.5. The van der Waals surface area contributed by atoms with Crippen LogP contribution in [0.25, 0.3) is 16.7 Å². The van der Waals surface area contributed by atoms with Crippen LogP contribution in [0.3, 0.4) is 0 Å². The normalized spacial score (nSPS) is 16.1. The fourth-order valence-corrected chi connectivity index (χ4v) is 4.21. The summed E-state index contributed by atoms with van der Waals surface area (Å²) in [4.78, 5) is 36.1. The molecule has 1 unspecified atom stereocenters. The number of aromatic amines is 1. The van der Waals surface area contributed by atoms with Gasteiger partial charge in [-0.25, -0.2) is 9.97 Å². The Hall–Kier alpha value is -3.65. The van der Waals surface area contributed by atoms with E-state index in [0.29, 0.717) is 46.8 Å². The van der Waals surface area contributed by atoms with Crippen LogP contribution in [0.15, 0.2) is 53.7 Å². The number of fused-ring (bicyclic) bond motifs is 1. The molecule has 3 N–H and O–H groups in total. The fourth-order valence-electron chi connectivity index (χ4n) is 3.99. The Bertz CT molecular complexity index is 1380. The van der Waals surface area contributed by atoms with Gasteiger partial charge in [-0.3, -0.25) is 9.59 Å². The predicted octanol–water partition coefficient (Wildman–Crippen LogP) is 3.35. The van der Waals surface area contributed by atoms with E-state index in [1.807, 2.05) is 42.1 Å². The molecule has 1 fully saturated rings. The number of amides is 1. The highest BCUT2D eigenvalue weighted by Gasteiger charge is 2.19. The minimum atomic E-state index is -0.235. The summed E-state index contributed by atoms with van der Waals surface area (Å²) in [7, 11) is 0. The van der Waals surface area contributed by atoms with E-state index >= 15 is 0 Å². The number of halogens is 1. The average molecular weight is 463 g/mol. The van der Waals surface area contributed by atoms with Gasteiger partial charge in [0, 0.05) is 44.0 Å². The molecule has 1 atom stereocenters. The summed E-state index contributed by atoms with van der Waals surface area (Å²) >= 11 is 6.42. The molecule has 0 bridgehead atoms. The number of H-pyrrole nitrogens is 1. The minimum Gasteiger partial charge on any atom is -0.379 e. The molecule has 9 heteroatoms. The maximum absolute atomic E-state index is 12.7. The van der Waals surface area contributed by atoms with Gasteiger partial charge >= 0.3 is 0 Å². The lowest BCUT2D eigenvalue weighted by molar-refractivity contribution is -0.122. The van der Waals surface area contributed by atoms with Crippen molar-refractivity contribution in [3.63, 3.8) is 0 Å². The van der Waals surface area contributed by atoms with E-state index in [4.69, 9.17) is 11.6 Å². The maximum atomic E-state index is 12.7. The zero-order valence-electron chi connectivity index (χ0n) is 18.1. The molecule has 0 aliphatic carbocycles. The largest absolute Gasteiger partial charge is 0.379 e. The van der Waals surface area contributed by atoms with Gasteiger partial charge in [-0.1, -0.05) is 17.7 Å². The molecule has 33 heavy (non-hydrogen) atoms. The standard InChI is InChI=1S/C24H23ClN6O2/c1-14-6-7-31(13-14)22-4-2-15(11-26-22)8-21-29-19-10-20(18(25)9-17(19)24(33)30-21)28-16-3-5-23(32)27-12-16/h2,4,6-7,9-11,13,16,28H,3,5,8,12H2,1H3,(H,27,32)(H,29,30,33). The number of hydrogen-bond donors (Lipinski definition) is 3. The van der Waals surface area contributed by atoms with Crippen LogP contribution >= 0.6 is 11.6 Å². The van der Waals surface area contributed by atoms with E-state index in [0.717, 1.165) is 17.8 Å². The van der Waals surface area contributed by atoms with Crippen molar-refractivity contribution in [3.8, 4) is 5.82 Å². The average Bonchev–Trinajstić information content (AvgIpc) is 3.23. The number of nitrogens with zero attached hydrogens (tertiary/aromatic N) is 3. The Kier molecular flexibility index (Phi) is 5.60. The Morgan fingerprint density at radius 2 is 2.12 bits per heavy atom. The summed E-state index contributed by atoms with van der Waals surface area (Å²) in [5.74, 6) is 1.44. The monoisotopic (exact) mass is 462 g/mol. The molecule has 4 aromatic rings. The van der Waals surface area contributed by atoms with Gasteiger partial charge in [0.05, 0.1) is 21.6 Å². The molecule has 1 saturated heterocycles. The first-order chi connectivity index (χ1) is 15.9. The second kappa shape index (κ2) is 8.71. The van der Waals surface area contributed by atoms with Crippen LogP contribution in [0.2, 0.25) is 5.02 Å². The van der Waals surface area contributed by atoms with Gasteiger partial charge in [-0.15, -0.1) is 0 Å². The first-order valence-corrected chi connectivity index (χ1v) is 11.2. The van der Waals surface area contributed by atoms with Crippen LogP contribution in [-0.2, 0) is 11.2 Å². The molecule has 5 rings (SSSR count). The van der Waals surface area contributed by atoms with Gasteiger partial charge in [-0.05, 0) is 48.7 Å². The molecular weight excluding hydrogens is 440 g/mol. The van der Waals surface area contributed by atoms with Gasteiger partial charge in [0.15, 0.2) is 0 Å². The van der Waals surface area contributed by atoms with Crippen LogP contribution in [0, 0.1) is 6.92 Å². The summed E-state index contributed by atoms with van der Waals surface area (Å²) in [6.45, 7) is 2.57. The lowest BCUT2D eigenvalue weighted by Gasteiger charge is -2.25. The number of rotatable bonds is 5. The lowest BCUT2D eigenvalue weighted by Crippen LogP contribution is -2.41. The molecule has 1 aliphatic heterocycles. The number of piperidine rings is 1. The number of hydrogen-bond acceptors (Lipinski definition) is 5. The van der Waals surface area contributed by atoms with Crippen LogP contribution in [-0.4, -0.2) is 38.0 Å². The third-order valence-corrected chi connectivity index (χ3v) is 6.07. The van der Waals surface area contributed by atoms with Crippen LogP contribution < -0.4 is 16.2 Å². The number of carbonyl (C=O) groups excluding carboxylic acids is 1. The molecule has 3 aromatic heterocycles. The number of aryl methyl sites for hydroxylation is 1. The van der Waals surface area contributed by atoms with Crippen LogP contribution in [0.4, 0.5) is 5.69 Å². The minimum absolute atomic E-state index is 0.0569. The van der Waals surface area contributed by atoms with Gasteiger partial charge in [0.2, 0.25) is 5.91 Å². The number of anilines is 1. The second-order valence-electron chi connectivity index (χ2n) is 8.34. The van der Waals surface area contributed by atoms with E-state index in [9.17, 15) is 9.59 Å². The maximum Gasteiger partial charge on any atom is 0.258 e. The highest BCUT2D eigenvalue weighted by molar-refractivity contribution is 6.34. The molecule has 0 radical (unpaired) electrons. The van der Waals surface area contributed by atoms with Gasteiger partial charge in [-0.2, -0.15) is 0 Å². The van der Waals surface area contributed by atoms with Gasteiger partial charge in [0.25, 0.3) is 5.56 Å². The van der Waals surface area contributed by atoms with Crippen molar-refractivity contribution in [1.82, 2.24) is 24.8 Å². The summed E-state index contributed by atoms with van der Waals surface area (Å²) in [6, 6.07) is 9.45.